The topological polar surface area (TPSA) is 59.2 Å². The quantitative estimate of drug-likeness (QED) is 0.616. The highest BCUT2D eigenvalue weighted by Crippen LogP contribution is 2.31. The summed E-state index contributed by atoms with van der Waals surface area (Å²) in [6, 6.07) is 16.5. The van der Waals surface area contributed by atoms with Crippen LogP contribution in [0.25, 0.3) is 11.1 Å². The molecule has 0 radical (unpaired) electrons. The molecule has 0 atom stereocenters. The van der Waals surface area contributed by atoms with E-state index in [-0.39, 0.29) is 11.8 Å². The number of aromatic nitrogens is 2. The Bertz CT molecular complexity index is 986. The summed E-state index contributed by atoms with van der Waals surface area (Å²) in [4.78, 5) is 19.4. The number of rotatable bonds is 4. The second-order valence-corrected chi connectivity index (χ2v) is 8.06. The Morgan fingerprint density at radius 1 is 1.10 bits per heavy atom. The molecule has 0 bridgehead atoms. The van der Waals surface area contributed by atoms with Crippen molar-refractivity contribution < 1.29 is 9.32 Å². The van der Waals surface area contributed by atoms with Gasteiger partial charge in [0.25, 0.3) is 5.91 Å². The smallest absolute Gasteiger partial charge is 0.253 e. The molecular formula is C24H27N3O2. The minimum atomic E-state index is 0.106. The van der Waals surface area contributed by atoms with Crippen molar-refractivity contribution in [3.05, 3.63) is 71.4 Å². The number of carbonyl (C=O) groups excluding carboxylic acids is 1. The van der Waals surface area contributed by atoms with Crippen LogP contribution in [0.4, 0.5) is 0 Å². The first-order valence-corrected chi connectivity index (χ1v) is 10.3. The first kappa shape index (κ1) is 19.4. The van der Waals surface area contributed by atoms with E-state index in [1.165, 1.54) is 16.7 Å². The van der Waals surface area contributed by atoms with Gasteiger partial charge in [0, 0.05) is 31.5 Å². The van der Waals surface area contributed by atoms with Gasteiger partial charge in [0.1, 0.15) is 0 Å². The van der Waals surface area contributed by atoms with E-state index in [0.717, 1.165) is 24.2 Å². The van der Waals surface area contributed by atoms with Crippen molar-refractivity contribution in [1.29, 1.82) is 0 Å². The summed E-state index contributed by atoms with van der Waals surface area (Å²) in [5.74, 6) is 2.07. The van der Waals surface area contributed by atoms with Crippen molar-refractivity contribution in [1.82, 2.24) is 15.0 Å². The van der Waals surface area contributed by atoms with Gasteiger partial charge in [-0.2, -0.15) is 4.98 Å². The molecule has 1 aromatic heterocycles. The number of hydrogen-bond acceptors (Lipinski definition) is 4. The highest BCUT2D eigenvalue weighted by atomic mass is 16.5. The molecule has 4 rings (SSSR count). The van der Waals surface area contributed by atoms with E-state index in [2.05, 4.69) is 48.3 Å². The maximum atomic E-state index is 13.1. The molecule has 1 aliphatic rings. The van der Waals surface area contributed by atoms with Crippen molar-refractivity contribution in [3.8, 4) is 11.1 Å². The Balaban J connectivity index is 1.51. The van der Waals surface area contributed by atoms with Gasteiger partial charge in [0.05, 0.1) is 0 Å². The summed E-state index contributed by atoms with van der Waals surface area (Å²) >= 11 is 0. The minimum Gasteiger partial charge on any atom is -0.340 e. The van der Waals surface area contributed by atoms with Crippen molar-refractivity contribution in [3.63, 3.8) is 0 Å². The number of nitrogens with zero attached hydrogens (tertiary/aromatic N) is 3. The van der Waals surface area contributed by atoms with Gasteiger partial charge >= 0.3 is 0 Å². The fourth-order valence-corrected chi connectivity index (χ4v) is 4.06. The predicted molar refractivity (Wildman–Crippen MR) is 113 cm³/mol. The molecule has 0 N–H and O–H groups in total. The molecular weight excluding hydrogens is 362 g/mol. The third-order valence-electron chi connectivity index (χ3n) is 5.70. The first-order chi connectivity index (χ1) is 14.0. The Labute approximate surface area is 171 Å². The van der Waals surface area contributed by atoms with Gasteiger partial charge in [-0.05, 0) is 47.6 Å². The van der Waals surface area contributed by atoms with E-state index < -0.39 is 0 Å². The van der Waals surface area contributed by atoms with E-state index in [1.54, 1.807) is 6.92 Å². The molecule has 0 aliphatic carbocycles. The molecule has 2 aromatic carbocycles. The molecule has 1 aliphatic heterocycles. The normalized spacial score (nSPS) is 15.1. The van der Waals surface area contributed by atoms with Crippen LogP contribution in [0.15, 0.2) is 53.1 Å². The Hall–Kier alpha value is -2.95. The van der Waals surface area contributed by atoms with Crippen LogP contribution in [-0.4, -0.2) is 34.0 Å². The van der Waals surface area contributed by atoms with E-state index in [1.807, 2.05) is 29.2 Å². The van der Waals surface area contributed by atoms with Crippen molar-refractivity contribution in [2.24, 2.45) is 0 Å². The van der Waals surface area contributed by atoms with Gasteiger partial charge in [0.2, 0.25) is 5.89 Å². The lowest BCUT2D eigenvalue weighted by Crippen LogP contribution is -2.38. The van der Waals surface area contributed by atoms with E-state index in [0.29, 0.717) is 24.9 Å². The average Bonchev–Trinajstić information content (AvgIpc) is 3.20. The molecule has 0 spiro atoms. The lowest BCUT2D eigenvalue weighted by atomic mass is 9.90. The van der Waals surface area contributed by atoms with Crippen LogP contribution in [0.3, 0.4) is 0 Å². The number of hydrogen-bond donors (Lipinski definition) is 0. The van der Waals surface area contributed by atoms with Crippen LogP contribution in [0.2, 0.25) is 0 Å². The molecule has 2 heterocycles. The van der Waals surface area contributed by atoms with Crippen molar-refractivity contribution in [2.45, 2.75) is 45.4 Å². The van der Waals surface area contributed by atoms with E-state index in [9.17, 15) is 4.79 Å². The van der Waals surface area contributed by atoms with Crippen LogP contribution in [0, 0.1) is 6.92 Å². The molecule has 1 amide bonds. The van der Waals surface area contributed by atoms with Crippen LogP contribution in [0.1, 0.15) is 66.2 Å². The third kappa shape index (κ3) is 4.09. The van der Waals surface area contributed by atoms with Gasteiger partial charge in [-0.25, -0.2) is 0 Å². The van der Waals surface area contributed by atoms with Crippen LogP contribution >= 0.6 is 0 Å². The second kappa shape index (κ2) is 8.19. The standard InChI is InChI=1S/C24H27N3O2/c1-16(2)22-15-20(9-10-21(22)18-7-5-4-6-8-18)24(28)27-13-11-19(12-14-27)23-25-17(3)29-26-23/h4-10,15-16,19H,11-14H2,1-3H3. The monoisotopic (exact) mass is 389 g/mol. The summed E-state index contributed by atoms with van der Waals surface area (Å²) in [6.07, 6.45) is 1.73. The van der Waals surface area contributed by atoms with Crippen molar-refractivity contribution >= 4 is 5.91 Å². The summed E-state index contributed by atoms with van der Waals surface area (Å²) in [5.41, 5.74) is 4.36. The molecule has 5 heteroatoms. The highest BCUT2D eigenvalue weighted by molar-refractivity contribution is 5.95. The van der Waals surface area contributed by atoms with Gasteiger partial charge in [0.15, 0.2) is 5.82 Å². The Morgan fingerprint density at radius 2 is 1.83 bits per heavy atom. The zero-order valence-corrected chi connectivity index (χ0v) is 17.3. The van der Waals surface area contributed by atoms with E-state index >= 15 is 0 Å². The maximum absolute atomic E-state index is 13.1. The lowest BCUT2D eigenvalue weighted by molar-refractivity contribution is 0.0710. The van der Waals surface area contributed by atoms with Crippen molar-refractivity contribution in [2.75, 3.05) is 13.1 Å². The number of aryl methyl sites for hydroxylation is 1. The largest absolute Gasteiger partial charge is 0.340 e. The predicted octanol–water partition coefficient (Wildman–Crippen LogP) is 5.19. The molecule has 0 saturated carbocycles. The summed E-state index contributed by atoms with van der Waals surface area (Å²) in [7, 11) is 0. The minimum absolute atomic E-state index is 0.106. The van der Waals surface area contributed by atoms with Gasteiger partial charge in [-0.15, -0.1) is 0 Å². The number of benzene rings is 2. The van der Waals surface area contributed by atoms with Crippen LogP contribution in [-0.2, 0) is 0 Å². The molecule has 150 valence electrons. The molecule has 1 fully saturated rings. The zero-order valence-electron chi connectivity index (χ0n) is 17.3. The molecule has 5 nitrogen and oxygen atoms in total. The molecule has 3 aromatic rings. The average molecular weight is 389 g/mol. The fraction of sp³-hybridized carbons (Fsp3) is 0.375. The van der Waals surface area contributed by atoms with Gasteiger partial charge < -0.3 is 9.42 Å². The first-order valence-electron chi connectivity index (χ1n) is 10.3. The molecule has 1 saturated heterocycles. The number of amides is 1. The summed E-state index contributed by atoms with van der Waals surface area (Å²) in [5, 5.41) is 4.05. The van der Waals surface area contributed by atoms with Gasteiger partial charge in [-0.1, -0.05) is 55.4 Å². The maximum Gasteiger partial charge on any atom is 0.253 e. The second-order valence-electron chi connectivity index (χ2n) is 8.06. The Kier molecular flexibility index (Phi) is 5.47. The molecule has 29 heavy (non-hydrogen) atoms. The molecule has 0 unspecified atom stereocenters. The fourth-order valence-electron chi connectivity index (χ4n) is 4.06. The number of piperidine rings is 1. The third-order valence-corrected chi connectivity index (χ3v) is 5.70. The SMILES string of the molecule is Cc1nc(C2CCN(C(=O)c3ccc(-c4ccccc4)c(C(C)C)c3)CC2)no1. The number of likely N-dealkylation sites (tertiary alicyclic amines) is 1. The Morgan fingerprint density at radius 3 is 2.45 bits per heavy atom. The van der Waals surface area contributed by atoms with Crippen LogP contribution in [0.5, 0.6) is 0 Å². The van der Waals surface area contributed by atoms with E-state index in [4.69, 9.17) is 4.52 Å². The lowest BCUT2D eigenvalue weighted by Gasteiger charge is -2.31. The summed E-state index contributed by atoms with van der Waals surface area (Å²) < 4.78 is 5.10. The van der Waals surface area contributed by atoms with Crippen LogP contribution < -0.4 is 0 Å². The zero-order chi connectivity index (χ0) is 20.4. The summed E-state index contributed by atoms with van der Waals surface area (Å²) in [6.45, 7) is 7.59. The van der Waals surface area contributed by atoms with Gasteiger partial charge in [-0.3, -0.25) is 4.79 Å². The number of carbonyl (C=O) groups is 1. The highest BCUT2D eigenvalue weighted by Gasteiger charge is 2.27.